The fraction of sp³-hybridized carbons (Fsp3) is 0.364. The number of alkyl halides is 5. The zero-order valence-electron chi connectivity index (χ0n) is 12.2. The molecule has 0 aromatic heterocycles. The van der Waals surface area contributed by atoms with Gasteiger partial charge in [0, 0.05) is 12.1 Å². The Hall–Kier alpha value is -2.51. The molecule has 8 nitrogen and oxygen atoms in total. The monoisotopic (exact) mass is 388 g/mol. The van der Waals surface area contributed by atoms with Crippen molar-refractivity contribution in [3.8, 4) is 0 Å². The molecular weight excluding hydrogens is 379 g/mol. The molecule has 0 unspecified atom stereocenters. The van der Waals surface area contributed by atoms with E-state index in [0.717, 1.165) is 0 Å². The van der Waals surface area contributed by atoms with Gasteiger partial charge >= 0.3 is 11.4 Å². The van der Waals surface area contributed by atoms with Gasteiger partial charge in [0.1, 0.15) is 0 Å². The van der Waals surface area contributed by atoms with E-state index in [2.05, 4.69) is 0 Å². The number of thioether (sulfide) groups is 1. The van der Waals surface area contributed by atoms with Crippen molar-refractivity contribution in [3.63, 3.8) is 0 Å². The Labute approximate surface area is 140 Å². The molecule has 1 rings (SSSR count). The predicted octanol–water partition coefficient (Wildman–Crippen LogP) is 4.26. The molecule has 0 saturated heterocycles. The lowest BCUT2D eigenvalue weighted by Gasteiger charge is -2.17. The van der Waals surface area contributed by atoms with Gasteiger partial charge in [0.2, 0.25) is 0 Å². The summed E-state index contributed by atoms with van der Waals surface area (Å²) in [6.07, 6.45) is -5.14. The number of hydrogen-bond donors (Lipinski definition) is 2. The van der Waals surface area contributed by atoms with Crippen LogP contribution < -0.4 is 5.32 Å². The number of nitrogens with one attached hydrogen (secondary N) is 2. The predicted molar refractivity (Wildman–Crippen MR) is 79.2 cm³/mol. The molecule has 14 heteroatoms. The maximum atomic E-state index is 13.6. The lowest BCUT2D eigenvalue weighted by Crippen LogP contribution is -2.31. The molecule has 0 spiro atoms. The Morgan fingerprint density at radius 2 is 1.60 bits per heavy atom. The second-order valence-corrected chi connectivity index (χ2v) is 5.73. The van der Waals surface area contributed by atoms with Crippen LogP contribution in [0.5, 0.6) is 0 Å². The second kappa shape index (κ2) is 7.16. The van der Waals surface area contributed by atoms with Crippen LogP contribution in [0.25, 0.3) is 0 Å². The molecule has 0 radical (unpaired) electrons. The third-order valence-electron chi connectivity index (χ3n) is 2.68. The number of nitro groups is 2. The zero-order chi connectivity index (χ0) is 19.6. The second-order valence-electron chi connectivity index (χ2n) is 4.35. The summed E-state index contributed by atoms with van der Waals surface area (Å²) < 4.78 is 65.4. The van der Waals surface area contributed by atoms with Gasteiger partial charge in [0.15, 0.2) is 11.5 Å². The van der Waals surface area contributed by atoms with Gasteiger partial charge in [0.05, 0.1) is 15.4 Å². The van der Waals surface area contributed by atoms with Crippen LogP contribution in [0, 0.1) is 25.6 Å². The van der Waals surface area contributed by atoms with Crippen molar-refractivity contribution >= 4 is 34.7 Å². The lowest BCUT2D eigenvalue weighted by atomic mass is 10.1. The van der Waals surface area contributed by atoms with Gasteiger partial charge in [-0.25, -0.2) is 0 Å². The van der Waals surface area contributed by atoms with Crippen molar-refractivity contribution in [3.05, 3.63) is 37.9 Å². The van der Waals surface area contributed by atoms with Gasteiger partial charge in [-0.2, -0.15) is 22.0 Å². The highest BCUT2D eigenvalue weighted by molar-refractivity contribution is 8.01. The minimum atomic E-state index is -5.14. The highest BCUT2D eigenvalue weighted by atomic mass is 32.2. The van der Waals surface area contributed by atoms with E-state index in [1.165, 1.54) is 12.2 Å². The van der Waals surface area contributed by atoms with E-state index in [1.807, 2.05) is 0 Å². The SMILES string of the molecule is CCSC(F)(F)C(=N)Nc1c([N+](=O)[O-])cc(C(F)(F)F)cc1[N+](=O)[O-]. The first-order chi connectivity index (χ1) is 11.3. The molecule has 0 aliphatic heterocycles. The van der Waals surface area contributed by atoms with Crippen LogP contribution in [0.4, 0.5) is 39.0 Å². The van der Waals surface area contributed by atoms with Crippen molar-refractivity contribution in [2.24, 2.45) is 0 Å². The first-order valence-electron chi connectivity index (χ1n) is 6.23. The van der Waals surface area contributed by atoms with Crippen LogP contribution >= 0.6 is 11.8 Å². The molecule has 0 aliphatic rings. The third kappa shape index (κ3) is 4.74. The molecule has 0 atom stereocenters. The van der Waals surface area contributed by atoms with Crippen LogP contribution in [-0.4, -0.2) is 26.7 Å². The van der Waals surface area contributed by atoms with Crippen LogP contribution in [0.15, 0.2) is 12.1 Å². The Bertz CT molecular complexity index is 690. The molecule has 2 N–H and O–H groups in total. The molecule has 0 bridgehead atoms. The van der Waals surface area contributed by atoms with Gasteiger partial charge < -0.3 is 5.32 Å². The average molecular weight is 388 g/mol. The van der Waals surface area contributed by atoms with E-state index in [9.17, 15) is 42.2 Å². The topological polar surface area (TPSA) is 122 Å². The summed E-state index contributed by atoms with van der Waals surface area (Å²) in [5, 5.41) is 26.8. The Morgan fingerprint density at radius 1 is 1.16 bits per heavy atom. The summed E-state index contributed by atoms with van der Waals surface area (Å²) in [6.45, 7) is 1.33. The molecule has 0 aliphatic carbocycles. The van der Waals surface area contributed by atoms with Crippen molar-refractivity contribution in [1.82, 2.24) is 0 Å². The quantitative estimate of drug-likeness (QED) is 0.247. The summed E-state index contributed by atoms with van der Waals surface area (Å²) in [5.74, 6) is -1.79. The third-order valence-corrected chi connectivity index (χ3v) is 3.54. The Morgan fingerprint density at radius 3 is 1.92 bits per heavy atom. The van der Waals surface area contributed by atoms with E-state index in [0.29, 0.717) is 0 Å². The van der Waals surface area contributed by atoms with Crippen molar-refractivity contribution < 1.29 is 31.8 Å². The molecule has 0 fully saturated rings. The molecule has 0 heterocycles. The maximum Gasteiger partial charge on any atom is 0.416 e. The lowest BCUT2D eigenvalue weighted by molar-refractivity contribution is -0.392. The smallest absolute Gasteiger partial charge is 0.327 e. The van der Waals surface area contributed by atoms with E-state index in [1.54, 1.807) is 0 Å². The number of benzene rings is 1. The van der Waals surface area contributed by atoms with Crippen LogP contribution in [0.2, 0.25) is 0 Å². The van der Waals surface area contributed by atoms with E-state index >= 15 is 0 Å². The van der Waals surface area contributed by atoms with Gasteiger partial charge in [0.25, 0.3) is 11.4 Å². The Kier molecular flexibility index (Phi) is 5.88. The van der Waals surface area contributed by atoms with Crippen molar-refractivity contribution in [2.45, 2.75) is 18.4 Å². The van der Waals surface area contributed by atoms with Crippen LogP contribution in [0.3, 0.4) is 0 Å². The number of halogens is 5. The first-order valence-corrected chi connectivity index (χ1v) is 7.21. The summed E-state index contributed by atoms with van der Waals surface area (Å²) in [6, 6.07) is -0.0680. The summed E-state index contributed by atoms with van der Waals surface area (Å²) in [5.41, 5.74) is -5.84. The first kappa shape index (κ1) is 20.5. The van der Waals surface area contributed by atoms with Crippen molar-refractivity contribution in [1.29, 1.82) is 5.41 Å². The highest BCUT2D eigenvalue weighted by Gasteiger charge is 2.41. The molecule has 1 aromatic rings. The molecular formula is C11H9F5N4O4S. The highest BCUT2D eigenvalue weighted by Crippen LogP contribution is 2.42. The van der Waals surface area contributed by atoms with Crippen molar-refractivity contribution in [2.75, 3.05) is 11.1 Å². The maximum absolute atomic E-state index is 13.6. The van der Waals surface area contributed by atoms with Gasteiger partial charge in [-0.15, -0.1) is 0 Å². The van der Waals surface area contributed by atoms with Gasteiger partial charge in [-0.3, -0.25) is 25.6 Å². The number of amidine groups is 1. The van der Waals surface area contributed by atoms with Crippen LogP contribution in [0.1, 0.15) is 12.5 Å². The standard InChI is InChI=1S/C11H9F5N4O4S/c1-2-25-11(15,16)9(17)18-8-6(19(21)22)3-5(10(12,13)14)4-7(8)20(23)24/h3-4H,2H2,1H3,(H2,17,18). The van der Waals surface area contributed by atoms with E-state index < -0.39 is 49.7 Å². The zero-order valence-corrected chi connectivity index (χ0v) is 13.0. The number of nitrogens with zero attached hydrogens (tertiary/aromatic N) is 2. The molecule has 138 valence electrons. The van der Waals surface area contributed by atoms with Crippen LogP contribution in [-0.2, 0) is 6.18 Å². The molecule has 1 aromatic carbocycles. The molecule has 0 saturated carbocycles. The fourth-order valence-corrected chi connectivity index (χ4v) is 2.20. The Balaban J connectivity index is 3.55. The number of rotatable bonds is 6. The summed E-state index contributed by atoms with van der Waals surface area (Å²) in [7, 11) is 0. The number of nitro benzene ring substituents is 2. The average Bonchev–Trinajstić information content (AvgIpc) is 2.45. The fourth-order valence-electron chi connectivity index (χ4n) is 1.64. The number of hydrogen-bond acceptors (Lipinski definition) is 6. The van der Waals surface area contributed by atoms with E-state index in [4.69, 9.17) is 5.41 Å². The number of anilines is 1. The largest absolute Gasteiger partial charge is 0.416 e. The van der Waals surface area contributed by atoms with E-state index in [-0.39, 0.29) is 29.6 Å². The van der Waals surface area contributed by atoms with Gasteiger partial charge in [-0.05, 0) is 5.75 Å². The molecule has 25 heavy (non-hydrogen) atoms. The normalized spacial score (nSPS) is 11.9. The minimum Gasteiger partial charge on any atom is -0.327 e. The minimum absolute atomic E-state index is 0.0340. The molecule has 0 amide bonds. The summed E-state index contributed by atoms with van der Waals surface area (Å²) in [4.78, 5) is 19.1. The summed E-state index contributed by atoms with van der Waals surface area (Å²) >= 11 is -0.0432. The van der Waals surface area contributed by atoms with Gasteiger partial charge in [-0.1, -0.05) is 18.7 Å².